The van der Waals surface area contributed by atoms with Crippen molar-refractivity contribution in [3.8, 4) is 11.5 Å². The number of nitrogen functional groups attached to an aromatic ring is 1. The zero-order valence-corrected chi connectivity index (χ0v) is 10.7. The summed E-state index contributed by atoms with van der Waals surface area (Å²) in [6, 6.07) is 11.2. The molecule has 0 aliphatic carbocycles. The van der Waals surface area contributed by atoms with Crippen LogP contribution in [-0.4, -0.2) is 18.9 Å². The fourth-order valence-corrected chi connectivity index (χ4v) is 1.54. The van der Waals surface area contributed by atoms with E-state index in [0.717, 1.165) is 11.3 Å². The second kappa shape index (κ2) is 6.61. The molecular formula is C14H16N2O3. The molecule has 0 aliphatic rings. The van der Waals surface area contributed by atoms with Crippen LogP contribution < -0.4 is 15.2 Å². The summed E-state index contributed by atoms with van der Waals surface area (Å²) in [5.41, 5.74) is 6.69. The van der Waals surface area contributed by atoms with Gasteiger partial charge in [-0.25, -0.2) is 4.98 Å². The molecule has 100 valence electrons. The van der Waals surface area contributed by atoms with Crippen LogP contribution in [-0.2, 0) is 11.3 Å². The predicted molar refractivity (Wildman–Crippen MR) is 71.9 cm³/mol. The molecule has 0 spiro atoms. The predicted octanol–water partition coefficient (Wildman–Crippen LogP) is 2.23. The van der Waals surface area contributed by atoms with Crippen LogP contribution in [0.4, 0.5) is 5.82 Å². The molecule has 0 saturated carbocycles. The van der Waals surface area contributed by atoms with E-state index < -0.39 is 0 Å². The van der Waals surface area contributed by atoms with Gasteiger partial charge in [-0.3, -0.25) is 0 Å². The summed E-state index contributed by atoms with van der Waals surface area (Å²) < 4.78 is 15.8. The first-order valence-electron chi connectivity index (χ1n) is 5.83. The van der Waals surface area contributed by atoms with E-state index in [-0.39, 0.29) is 6.79 Å². The third-order valence-electron chi connectivity index (χ3n) is 2.44. The molecule has 0 amide bonds. The lowest BCUT2D eigenvalue weighted by Gasteiger charge is -2.09. The van der Waals surface area contributed by atoms with Crippen LogP contribution in [0, 0.1) is 0 Å². The Morgan fingerprint density at radius 3 is 2.84 bits per heavy atom. The van der Waals surface area contributed by atoms with Crippen LogP contribution >= 0.6 is 0 Å². The summed E-state index contributed by atoms with van der Waals surface area (Å²) in [6.45, 7) is 0.625. The highest BCUT2D eigenvalue weighted by atomic mass is 16.7. The van der Waals surface area contributed by atoms with Gasteiger partial charge in [0.1, 0.15) is 12.4 Å². The number of aromatic nitrogens is 1. The van der Waals surface area contributed by atoms with Crippen LogP contribution in [0.5, 0.6) is 11.5 Å². The van der Waals surface area contributed by atoms with Gasteiger partial charge in [-0.05, 0) is 29.8 Å². The molecule has 1 aromatic carbocycles. The van der Waals surface area contributed by atoms with Gasteiger partial charge in [0.2, 0.25) is 0 Å². The van der Waals surface area contributed by atoms with Crippen molar-refractivity contribution < 1.29 is 14.2 Å². The van der Waals surface area contributed by atoms with E-state index in [9.17, 15) is 0 Å². The van der Waals surface area contributed by atoms with Gasteiger partial charge in [0.15, 0.2) is 18.4 Å². The Bertz CT molecular complexity index is 532. The number of nitrogens with two attached hydrogens (primary N) is 1. The zero-order valence-electron chi connectivity index (χ0n) is 10.7. The Kier molecular flexibility index (Phi) is 4.58. The van der Waals surface area contributed by atoms with Crippen molar-refractivity contribution in [2.24, 2.45) is 0 Å². The van der Waals surface area contributed by atoms with Crippen molar-refractivity contribution in [2.75, 3.05) is 19.6 Å². The van der Waals surface area contributed by atoms with Crippen molar-refractivity contribution >= 4 is 5.82 Å². The lowest BCUT2D eigenvalue weighted by Crippen LogP contribution is -2.02. The molecule has 1 aromatic heterocycles. The molecule has 0 aliphatic heterocycles. The van der Waals surface area contributed by atoms with E-state index in [1.165, 1.54) is 0 Å². The van der Waals surface area contributed by atoms with Crippen molar-refractivity contribution in [2.45, 2.75) is 6.61 Å². The first kappa shape index (κ1) is 13.2. The summed E-state index contributed by atoms with van der Waals surface area (Å²) in [5, 5.41) is 0. The van der Waals surface area contributed by atoms with E-state index in [2.05, 4.69) is 4.98 Å². The smallest absolute Gasteiger partial charge is 0.188 e. The van der Waals surface area contributed by atoms with Crippen LogP contribution in [0.2, 0.25) is 0 Å². The zero-order chi connectivity index (χ0) is 13.5. The number of rotatable bonds is 6. The second-order valence-electron chi connectivity index (χ2n) is 3.87. The molecule has 0 unspecified atom stereocenters. The Morgan fingerprint density at radius 2 is 2.05 bits per heavy atom. The minimum Gasteiger partial charge on any atom is -0.485 e. The van der Waals surface area contributed by atoms with E-state index in [1.54, 1.807) is 25.4 Å². The summed E-state index contributed by atoms with van der Waals surface area (Å²) in [7, 11) is 1.58. The topological polar surface area (TPSA) is 66.6 Å². The van der Waals surface area contributed by atoms with Gasteiger partial charge >= 0.3 is 0 Å². The lowest BCUT2D eigenvalue weighted by atomic mass is 10.2. The number of pyridine rings is 1. The molecule has 5 nitrogen and oxygen atoms in total. The molecule has 2 N–H and O–H groups in total. The average molecular weight is 260 g/mol. The summed E-state index contributed by atoms with van der Waals surface area (Å²) in [4.78, 5) is 3.96. The van der Waals surface area contributed by atoms with Gasteiger partial charge < -0.3 is 19.9 Å². The molecule has 0 bridgehead atoms. The van der Waals surface area contributed by atoms with E-state index >= 15 is 0 Å². The average Bonchev–Trinajstić information content (AvgIpc) is 2.45. The number of benzene rings is 1. The number of nitrogens with zero attached hydrogens (tertiary/aromatic N) is 1. The highest BCUT2D eigenvalue weighted by molar-refractivity contribution is 5.44. The van der Waals surface area contributed by atoms with Crippen molar-refractivity contribution in [1.29, 1.82) is 0 Å². The highest BCUT2D eigenvalue weighted by Gasteiger charge is 2.02. The maximum Gasteiger partial charge on any atom is 0.188 e. The standard InChI is InChI=1S/C14H16N2O3/c1-17-10-19-12-5-2-4-11(8-12)9-18-13-6-3-7-16-14(13)15/h2-8H,9-10H2,1H3,(H2,15,16). The molecule has 5 heteroatoms. The van der Waals surface area contributed by atoms with Gasteiger partial charge in [-0.15, -0.1) is 0 Å². The normalized spacial score (nSPS) is 10.2. The summed E-state index contributed by atoms with van der Waals surface area (Å²) in [5.74, 6) is 1.70. The lowest BCUT2D eigenvalue weighted by molar-refractivity contribution is 0.0510. The third kappa shape index (κ3) is 3.86. The van der Waals surface area contributed by atoms with Gasteiger partial charge in [0.25, 0.3) is 0 Å². The Morgan fingerprint density at radius 1 is 1.16 bits per heavy atom. The van der Waals surface area contributed by atoms with Crippen LogP contribution in [0.1, 0.15) is 5.56 Å². The SMILES string of the molecule is COCOc1cccc(COc2cccnc2N)c1. The summed E-state index contributed by atoms with van der Waals surface area (Å²) in [6.07, 6.45) is 1.63. The third-order valence-corrected chi connectivity index (χ3v) is 2.44. The molecule has 1 heterocycles. The quantitative estimate of drug-likeness (QED) is 0.807. The number of methoxy groups -OCH3 is 1. The van der Waals surface area contributed by atoms with Crippen molar-refractivity contribution in [1.82, 2.24) is 4.98 Å². The molecule has 19 heavy (non-hydrogen) atoms. The Labute approximate surface area is 111 Å². The number of hydrogen-bond donors (Lipinski definition) is 1. The molecule has 0 saturated heterocycles. The van der Waals surface area contributed by atoms with E-state index in [0.29, 0.717) is 18.2 Å². The fourth-order valence-electron chi connectivity index (χ4n) is 1.54. The van der Waals surface area contributed by atoms with Crippen LogP contribution in [0.25, 0.3) is 0 Å². The molecule has 0 fully saturated rings. The first-order valence-corrected chi connectivity index (χ1v) is 5.83. The minimum absolute atomic E-state index is 0.222. The van der Waals surface area contributed by atoms with E-state index in [4.69, 9.17) is 19.9 Å². The molecule has 0 radical (unpaired) electrons. The fraction of sp³-hybridized carbons (Fsp3) is 0.214. The summed E-state index contributed by atoms with van der Waals surface area (Å²) >= 11 is 0. The molecular weight excluding hydrogens is 244 g/mol. The minimum atomic E-state index is 0.222. The number of hydrogen-bond acceptors (Lipinski definition) is 5. The molecule has 2 aromatic rings. The van der Waals surface area contributed by atoms with Gasteiger partial charge in [0, 0.05) is 13.3 Å². The molecule has 0 atom stereocenters. The van der Waals surface area contributed by atoms with Crippen molar-refractivity contribution in [3.63, 3.8) is 0 Å². The Balaban J connectivity index is 1.98. The van der Waals surface area contributed by atoms with Gasteiger partial charge in [-0.1, -0.05) is 12.1 Å². The largest absolute Gasteiger partial charge is 0.485 e. The first-order chi connectivity index (χ1) is 9.29. The Hall–Kier alpha value is -2.27. The number of anilines is 1. The maximum absolute atomic E-state index is 5.70. The maximum atomic E-state index is 5.70. The second-order valence-corrected chi connectivity index (χ2v) is 3.87. The molecule has 2 rings (SSSR count). The van der Waals surface area contributed by atoms with Gasteiger partial charge in [0.05, 0.1) is 0 Å². The van der Waals surface area contributed by atoms with Crippen molar-refractivity contribution in [3.05, 3.63) is 48.2 Å². The van der Waals surface area contributed by atoms with Crippen LogP contribution in [0.15, 0.2) is 42.6 Å². The van der Waals surface area contributed by atoms with Crippen LogP contribution in [0.3, 0.4) is 0 Å². The van der Waals surface area contributed by atoms with E-state index in [1.807, 2.05) is 24.3 Å². The van der Waals surface area contributed by atoms with Gasteiger partial charge in [-0.2, -0.15) is 0 Å². The highest BCUT2D eigenvalue weighted by Crippen LogP contribution is 2.20. The number of ether oxygens (including phenoxy) is 3. The monoisotopic (exact) mass is 260 g/mol.